The Morgan fingerprint density at radius 3 is 2.85 bits per heavy atom. The SMILES string of the molecule is Cc1cc2c(cc1O)[C@@]13CCCC(C)(C)[C@@H]1C[C@H]2OC3. The molecule has 3 atom stereocenters. The number of rotatable bonds is 0. The highest BCUT2D eigenvalue weighted by Crippen LogP contribution is 2.63. The summed E-state index contributed by atoms with van der Waals surface area (Å²) in [6.07, 6.45) is 5.20. The van der Waals surface area contributed by atoms with Gasteiger partial charge in [0.05, 0.1) is 12.7 Å². The lowest BCUT2D eigenvalue weighted by Crippen LogP contribution is -2.56. The summed E-state index contributed by atoms with van der Waals surface area (Å²) in [7, 11) is 0. The Labute approximate surface area is 121 Å². The van der Waals surface area contributed by atoms with E-state index in [1.165, 1.54) is 30.4 Å². The standard InChI is InChI=1S/C18H24O2/c1-11-7-12-13(8-14(11)19)18-6-4-5-17(2,3)16(18)9-15(12)20-10-18/h7-8,15-16,19H,4-6,9-10H2,1-3H3/t15-,16+,18+/m1/s1. The Kier molecular flexibility index (Phi) is 2.41. The monoisotopic (exact) mass is 272 g/mol. The highest BCUT2D eigenvalue weighted by atomic mass is 16.5. The van der Waals surface area contributed by atoms with E-state index in [-0.39, 0.29) is 11.5 Å². The molecule has 2 heteroatoms. The smallest absolute Gasteiger partial charge is 0.118 e. The Hall–Kier alpha value is -1.02. The zero-order chi connectivity index (χ0) is 14.1. The zero-order valence-corrected chi connectivity index (χ0v) is 12.7. The molecule has 0 amide bonds. The van der Waals surface area contributed by atoms with Gasteiger partial charge in [0.2, 0.25) is 0 Å². The second-order valence-corrected chi connectivity index (χ2v) is 7.81. The molecule has 2 fully saturated rings. The summed E-state index contributed by atoms with van der Waals surface area (Å²) in [5.74, 6) is 1.14. The predicted molar refractivity (Wildman–Crippen MR) is 79.0 cm³/mol. The summed E-state index contributed by atoms with van der Waals surface area (Å²) in [5.41, 5.74) is 4.25. The van der Waals surface area contributed by atoms with Gasteiger partial charge in [-0.25, -0.2) is 0 Å². The summed E-state index contributed by atoms with van der Waals surface area (Å²) in [5, 5.41) is 10.2. The van der Waals surface area contributed by atoms with E-state index in [1.807, 2.05) is 13.0 Å². The molecular formula is C18H24O2. The molecule has 2 bridgehead atoms. The molecule has 1 saturated carbocycles. The van der Waals surface area contributed by atoms with Crippen molar-refractivity contribution in [3.63, 3.8) is 0 Å². The fourth-order valence-corrected chi connectivity index (χ4v) is 5.24. The Balaban J connectivity index is 1.94. The lowest BCUT2D eigenvalue weighted by Gasteiger charge is -2.60. The minimum Gasteiger partial charge on any atom is -0.508 e. The molecule has 5 rings (SSSR count). The zero-order valence-electron chi connectivity index (χ0n) is 12.7. The van der Waals surface area contributed by atoms with Gasteiger partial charge in [0.1, 0.15) is 5.75 Å². The van der Waals surface area contributed by atoms with Crippen LogP contribution >= 0.6 is 0 Å². The third kappa shape index (κ3) is 1.43. The van der Waals surface area contributed by atoms with Gasteiger partial charge >= 0.3 is 0 Å². The van der Waals surface area contributed by atoms with E-state index in [0.29, 0.717) is 17.1 Å². The summed E-state index contributed by atoms with van der Waals surface area (Å²) in [6, 6.07) is 4.21. The van der Waals surface area contributed by atoms with Gasteiger partial charge in [0, 0.05) is 5.41 Å². The van der Waals surface area contributed by atoms with Gasteiger partial charge in [-0.15, -0.1) is 0 Å². The van der Waals surface area contributed by atoms with Crippen LogP contribution in [0.1, 0.15) is 62.3 Å². The van der Waals surface area contributed by atoms with Crippen LogP contribution < -0.4 is 0 Å². The molecule has 1 aromatic rings. The maximum atomic E-state index is 10.2. The molecule has 108 valence electrons. The van der Waals surface area contributed by atoms with Crippen molar-refractivity contribution in [2.45, 2.75) is 58.0 Å². The topological polar surface area (TPSA) is 29.5 Å². The average Bonchev–Trinajstić information content (AvgIpc) is 2.40. The van der Waals surface area contributed by atoms with Gasteiger partial charge < -0.3 is 9.84 Å². The van der Waals surface area contributed by atoms with E-state index in [4.69, 9.17) is 4.74 Å². The van der Waals surface area contributed by atoms with Gasteiger partial charge in [-0.05, 0) is 66.3 Å². The van der Waals surface area contributed by atoms with E-state index in [0.717, 1.165) is 18.6 Å². The second-order valence-electron chi connectivity index (χ2n) is 7.81. The first kappa shape index (κ1) is 12.7. The van der Waals surface area contributed by atoms with Gasteiger partial charge in [-0.2, -0.15) is 0 Å². The van der Waals surface area contributed by atoms with Gasteiger partial charge in [-0.1, -0.05) is 20.3 Å². The van der Waals surface area contributed by atoms with E-state index in [1.54, 1.807) is 0 Å². The van der Waals surface area contributed by atoms with Crippen LogP contribution in [0.5, 0.6) is 5.75 Å². The number of phenols is 1. The molecule has 4 aliphatic rings. The first-order valence-corrected chi connectivity index (χ1v) is 7.90. The van der Waals surface area contributed by atoms with Crippen molar-refractivity contribution in [2.24, 2.45) is 11.3 Å². The number of phenolic OH excluding ortho intramolecular Hbond substituents is 1. The molecule has 20 heavy (non-hydrogen) atoms. The molecule has 0 radical (unpaired) electrons. The summed E-state index contributed by atoms with van der Waals surface area (Å²) in [4.78, 5) is 0. The summed E-state index contributed by atoms with van der Waals surface area (Å²) < 4.78 is 6.17. The van der Waals surface area contributed by atoms with Crippen LogP contribution in [0.15, 0.2) is 12.1 Å². The van der Waals surface area contributed by atoms with Crippen LogP contribution in [0.3, 0.4) is 0 Å². The number of hydrogen-bond acceptors (Lipinski definition) is 2. The molecular weight excluding hydrogens is 248 g/mol. The van der Waals surface area contributed by atoms with Gasteiger partial charge in [0.25, 0.3) is 0 Å². The van der Waals surface area contributed by atoms with Crippen LogP contribution in [0, 0.1) is 18.3 Å². The quantitative estimate of drug-likeness (QED) is 0.765. The second kappa shape index (κ2) is 3.79. The summed E-state index contributed by atoms with van der Waals surface area (Å²) in [6.45, 7) is 7.68. The largest absolute Gasteiger partial charge is 0.508 e. The number of benzene rings is 1. The Morgan fingerprint density at radius 1 is 1.25 bits per heavy atom. The van der Waals surface area contributed by atoms with Crippen molar-refractivity contribution >= 4 is 0 Å². The molecule has 2 nitrogen and oxygen atoms in total. The fourth-order valence-electron chi connectivity index (χ4n) is 5.24. The van der Waals surface area contributed by atoms with E-state index >= 15 is 0 Å². The number of aryl methyl sites for hydroxylation is 1. The third-order valence-electron chi connectivity index (χ3n) is 6.30. The van der Waals surface area contributed by atoms with Crippen LogP contribution in [0.4, 0.5) is 0 Å². The maximum Gasteiger partial charge on any atom is 0.118 e. The lowest BCUT2D eigenvalue weighted by molar-refractivity contribution is -0.136. The number of hydrogen-bond donors (Lipinski definition) is 1. The Bertz CT molecular complexity index is 575. The van der Waals surface area contributed by atoms with Crippen LogP contribution in [0.25, 0.3) is 0 Å². The van der Waals surface area contributed by atoms with Crippen LogP contribution in [0.2, 0.25) is 0 Å². The predicted octanol–water partition coefficient (Wildman–Crippen LogP) is 4.24. The lowest BCUT2D eigenvalue weighted by atomic mass is 9.48. The normalized spacial score (nSPS) is 37.4. The van der Waals surface area contributed by atoms with Crippen LogP contribution in [-0.2, 0) is 10.2 Å². The van der Waals surface area contributed by atoms with Crippen molar-refractivity contribution in [3.8, 4) is 5.75 Å². The number of fused-ring (bicyclic) bond motifs is 1. The van der Waals surface area contributed by atoms with Crippen molar-refractivity contribution < 1.29 is 9.84 Å². The first-order chi connectivity index (χ1) is 9.44. The van der Waals surface area contributed by atoms with E-state index in [9.17, 15) is 5.11 Å². The van der Waals surface area contributed by atoms with Crippen LogP contribution in [-0.4, -0.2) is 11.7 Å². The van der Waals surface area contributed by atoms with Crippen molar-refractivity contribution in [3.05, 3.63) is 28.8 Å². The Morgan fingerprint density at radius 2 is 2.05 bits per heavy atom. The van der Waals surface area contributed by atoms with E-state index in [2.05, 4.69) is 19.9 Å². The third-order valence-corrected chi connectivity index (χ3v) is 6.30. The van der Waals surface area contributed by atoms with E-state index < -0.39 is 0 Å². The van der Waals surface area contributed by atoms with Gasteiger partial charge in [-0.3, -0.25) is 0 Å². The molecule has 1 N–H and O–H groups in total. The number of aromatic hydroxyl groups is 1. The molecule has 1 spiro atoms. The van der Waals surface area contributed by atoms with Crippen molar-refractivity contribution in [1.29, 1.82) is 0 Å². The fraction of sp³-hybridized carbons (Fsp3) is 0.667. The molecule has 2 aliphatic heterocycles. The first-order valence-electron chi connectivity index (χ1n) is 7.90. The van der Waals surface area contributed by atoms with Crippen molar-refractivity contribution in [2.75, 3.05) is 6.61 Å². The van der Waals surface area contributed by atoms with Crippen molar-refractivity contribution in [1.82, 2.24) is 0 Å². The van der Waals surface area contributed by atoms with Gasteiger partial charge in [0.15, 0.2) is 0 Å². The molecule has 1 saturated heterocycles. The minimum atomic E-state index is 0.150. The minimum absolute atomic E-state index is 0.150. The highest BCUT2D eigenvalue weighted by Gasteiger charge is 2.58. The summed E-state index contributed by atoms with van der Waals surface area (Å²) >= 11 is 0. The number of ether oxygens (including phenoxy) is 1. The molecule has 2 aliphatic carbocycles. The molecule has 0 aromatic heterocycles. The molecule has 1 aromatic carbocycles. The highest BCUT2D eigenvalue weighted by molar-refractivity contribution is 5.50. The maximum absolute atomic E-state index is 10.2. The molecule has 2 heterocycles. The average molecular weight is 272 g/mol. The molecule has 0 unspecified atom stereocenters.